The van der Waals surface area contributed by atoms with Crippen LogP contribution in [0.1, 0.15) is 17.0 Å². The summed E-state index contributed by atoms with van der Waals surface area (Å²) < 4.78 is 8.30. The van der Waals surface area contributed by atoms with Gasteiger partial charge < -0.3 is 9.30 Å². The normalized spacial score (nSPS) is 16.2. The lowest BCUT2D eigenvalue weighted by atomic mass is 10.2. The molecule has 1 aliphatic heterocycles. The lowest BCUT2D eigenvalue weighted by Crippen LogP contribution is -2.31. The number of imide groups is 1. The van der Waals surface area contributed by atoms with Gasteiger partial charge in [-0.25, -0.2) is 0 Å². The van der Waals surface area contributed by atoms with Crippen LogP contribution in [0.15, 0.2) is 35.2 Å². The summed E-state index contributed by atoms with van der Waals surface area (Å²) in [5.41, 5.74) is 4.13. The maximum Gasteiger partial charge on any atom is 0.293 e. The Balaban J connectivity index is 1.93. The van der Waals surface area contributed by atoms with Gasteiger partial charge in [0.1, 0.15) is 0 Å². The second-order valence-corrected chi connectivity index (χ2v) is 8.20. The maximum atomic E-state index is 12.5. The second-order valence-electron chi connectivity index (χ2n) is 5.96. The van der Waals surface area contributed by atoms with Crippen molar-refractivity contribution < 1.29 is 14.3 Å². The van der Waals surface area contributed by atoms with Gasteiger partial charge >= 0.3 is 0 Å². The smallest absolute Gasteiger partial charge is 0.293 e. The van der Waals surface area contributed by atoms with Crippen LogP contribution >= 0.6 is 34.4 Å². The average Bonchev–Trinajstić information content (AvgIpc) is 3.03. The fourth-order valence-electron chi connectivity index (χ4n) is 2.94. The molecule has 0 radical (unpaired) electrons. The largest absolute Gasteiger partial charge is 0.383 e. The SMILES string of the molecule is COCCN1C(=O)S/C(=C\c2cc(C)n(-c3ccc(I)cc3)c2C)C1=O. The molecular weight excluding hydrogens is 463 g/mol. The van der Waals surface area contributed by atoms with Gasteiger partial charge in [-0.1, -0.05) is 0 Å². The predicted octanol–water partition coefficient (Wildman–Crippen LogP) is 4.38. The van der Waals surface area contributed by atoms with E-state index in [0.29, 0.717) is 11.5 Å². The minimum Gasteiger partial charge on any atom is -0.383 e. The van der Waals surface area contributed by atoms with E-state index in [4.69, 9.17) is 4.74 Å². The highest BCUT2D eigenvalue weighted by molar-refractivity contribution is 14.1. The zero-order chi connectivity index (χ0) is 18.8. The van der Waals surface area contributed by atoms with Gasteiger partial charge in [-0.2, -0.15) is 0 Å². The van der Waals surface area contributed by atoms with E-state index in [1.165, 1.54) is 8.47 Å². The van der Waals surface area contributed by atoms with Crippen LogP contribution in [0.5, 0.6) is 0 Å². The number of aromatic nitrogens is 1. The van der Waals surface area contributed by atoms with E-state index in [9.17, 15) is 9.59 Å². The van der Waals surface area contributed by atoms with Crippen LogP contribution in [0.2, 0.25) is 0 Å². The quantitative estimate of drug-likeness (QED) is 0.469. The molecule has 2 amide bonds. The summed E-state index contributed by atoms with van der Waals surface area (Å²) in [6.07, 6.45) is 1.81. The van der Waals surface area contributed by atoms with Crippen molar-refractivity contribution in [3.8, 4) is 5.69 Å². The number of ether oxygens (including phenoxy) is 1. The number of rotatable bonds is 5. The fourth-order valence-corrected chi connectivity index (χ4v) is 4.15. The Morgan fingerprint density at radius 2 is 1.88 bits per heavy atom. The van der Waals surface area contributed by atoms with E-state index in [0.717, 1.165) is 34.4 Å². The van der Waals surface area contributed by atoms with E-state index in [1.54, 1.807) is 7.11 Å². The molecular formula is C19H19IN2O3S. The number of carbonyl (C=O) groups excluding carboxylic acids is 2. The third kappa shape index (κ3) is 3.74. The van der Waals surface area contributed by atoms with Crippen molar-refractivity contribution in [2.75, 3.05) is 20.3 Å². The van der Waals surface area contributed by atoms with Crippen molar-refractivity contribution in [1.29, 1.82) is 0 Å². The van der Waals surface area contributed by atoms with Gasteiger partial charge in [0.2, 0.25) is 0 Å². The topological polar surface area (TPSA) is 51.5 Å². The summed E-state index contributed by atoms with van der Waals surface area (Å²) >= 11 is 3.26. The summed E-state index contributed by atoms with van der Waals surface area (Å²) in [6, 6.07) is 10.3. The number of benzene rings is 1. The summed E-state index contributed by atoms with van der Waals surface area (Å²) in [4.78, 5) is 26.2. The molecule has 0 atom stereocenters. The van der Waals surface area contributed by atoms with Gasteiger partial charge in [0.05, 0.1) is 18.1 Å². The van der Waals surface area contributed by atoms with Crippen molar-refractivity contribution in [3.05, 3.63) is 55.8 Å². The van der Waals surface area contributed by atoms with Gasteiger partial charge in [0, 0.05) is 27.8 Å². The summed E-state index contributed by atoms with van der Waals surface area (Å²) in [5.74, 6) is -0.254. The number of carbonyl (C=O) groups is 2. The highest BCUT2D eigenvalue weighted by atomic mass is 127. The Morgan fingerprint density at radius 3 is 2.54 bits per heavy atom. The Labute approximate surface area is 170 Å². The molecule has 7 heteroatoms. The minimum atomic E-state index is -0.254. The van der Waals surface area contributed by atoms with E-state index in [1.807, 2.05) is 26.0 Å². The first-order valence-corrected chi connectivity index (χ1v) is 10.0. The van der Waals surface area contributed by atoms with Crippen molar-refractivity contribution in [1.82, 2.24) is 9.47 Å². The molecule has 1 aromatic heterocycles. The summed E-state index contributed by atoms with van der Waals surface area (Å²) in [7, 11) is 1.55. The van der Waals surface area contributed by atoms with Crippen molar-refractivity contribution in [2.24, 2.45) is 0 Å². The second kappa shape index (κ2) is 7.98. The maximum absolute atomic E-state index is 12.5. The molecule has 5 nitrogen and oxygen atoms in total. The molecule has 0 unspecified atom stereocenters. The Hall–Kier alpha value is -1.58. The van der Waals surface area contributed by atoms with Crippen LogP contribution in [-0.2, 0) is 9.53 Å². The zero-order valence-electron chi connectivity index (χ0n) is 14.8. The third-order valence-electron chi connectivity index (χ3n) is 4.23. The summed E-state index contributed by atoms with van der Waals surface area (Å²) in [6.45, 7) is 4.67. The predicted molar refractivity (Wildman–Crippen MR) is 113 cm³/mol. The number of halogens is 1. The number of amides is 2. The first kappa shape index (κ1) is 19.2. The highest BCUT2D eigenvalue weighted by Crippen LogP contribution is 2.33. The molecule has 0 spiro atoms. The number of thioether (sulfide) groups is 1. The number of methoxy groups -OCH3 is 1. The van der Waals surface area contributed by atoms with Crippen molar-refractivity contribution in [3.63, 3.8) is 0 Å². The molecule has 0 saturated carbocycles. The minimum absolute atomic E-state index is 0.246. The Bertz CT molecular complexity index is 887. The van der Waals surface area contributed by atoms with Crippen LogP contribution in [-0.4, -0.2) is 40.9 Å². The molecule has 26 heavy (non-hydrogen) atoms. The molecule has 1 saturated heterocycles. The van der Waals surface area contributed by atoms with E-state index < -0.39 is 0 Å². The number of nitrogens with zero attached hydrogens (tertiary/aromatic N) is 2. The van der Waals surface area contributed by atoms with Crippen LogP contribution in [0.3, 0.4) is 0 Å². The van der Waals surface area contributed by atoms with Crippen molar-refractivity contribution >= 4 is 51.6 Å². The molecule has 0 N–H and O–H groups in total. The number of aryl methyl sites for hydroxylation is 1. The molecule has 136 valence electrons. The van der Waals surface area contributed by atoms with Crippen LogP contribution in [0.4, 0.5) is 4.79 Å². The molecule has 0 bridgehead atoms. The molecule has 2 aromatic rings. The molecule has 3 rings (SSSR count). The number of hydrogen-bond donors (Lipinski definition) is 0. The first-order chi connectivity index (χ1) is 12.4. The van der Waals surface area contributed by atoms with Crippen molar-refractivity contribution in [2.45, 2.75) is 13.8 Å². The molecule has 1 aliphatic rings. The van der Waals surface area contributed by atoms with Gasteiger partial charge in [0.15, 0.2) is 0 Å². The lowest BCUT2D eigenvalue weighted by Gasteiger charge is -2.11. The van der Waals surface area contributed by atoms with E-state index in [-0.39, 0.29) is 17.7 Å². The van der Waals surface area contributed by atoms with E-state index >= 15 is 0 Å². The fraction of sp³-hybridized carbons (Fsp3) is 0.263. The molecule has 1 aromatic carbocycles. The zero-order valence-corrected chi connectivity index (χ0v) is 17.8. The third-order valence-corrected chi connectivity index (χ3v) is 5.86. The molecule has 2 heterocycles. The van der Waals surface area contributed by atoms with Gasteiger partial charge in [-0.05, 0) is 90.2 Å². The first-order valence-electron chi connectivity index (χ1n) is 8.11. The molecule has 1 fully saturated rings. The standard InChI is InChI=1S/C19H19IN2O3S/c1-12-10-14(13(2)22(12)16-6-4-15(20)5-7-16)11-17-18(23)21(8-9-25-3)19(24)26-17/h4-7,10-11H,8-9H2,1-3H3/b17-11-. The van der Waals surface area contributed by atoms with Crippen LogP contribution in [0.25, 0.3) is 11.8 Å². The monoisotopic (exact) mass is 482 g/mol. The molecule has 0 aliphatic carbocycles. The Morgan fingerprint density at radius 1 is 1.19 bits per heavy atom. The van der Waals surface area contributed by atoms with Gasteiger partial charge in [-0.15, -0.1) is 0 Å². The summed E-state index contributed by atoms with van der Waals surface area (Å²) in [5, 5.41) is -0.246. The highest BCUT2D eigenvalue weighted by Gasteiger charge is 2.34. The Kier molecular flexibility index (Phi) is 5.89. The van der Waals surface area contributed by atoms with Gasteiger partial charge in [0.25, 0.3) is 11.1 Å². The lowest BCUT2D eigenvalue weighted by molar-refractivity contribution is -0.123. The number of hydrogen-bond acceptors (Lipinski definition) is 4. The van der Waals surface area contributed by atoms with Crippen LogP contribution < -0.4 is 0 Å². The van der Waals surface area contributed by atoms with Crippen LogP contribution in [0, 0.1) is 17.4 Å². The average molecular weight is 482 g/mol. The van der Waals surface area contributed by atoms with Gasteiger partial charge in [-0.3, -0.25) is 14.5 Å². The van der Waals surface area contributed by atoms with E-state index in [2.05, 4.69) is 51.4 Å².